The molecule has 100 valence electrons. The number of piperidine rings is 1. The summed E-state index contributed by atoms with van der Waals surface area (Å²) in [5.74, 6) is 0.846. The highest BCUT2D eigenvalue weighted by Gasteiger charge is 2.23. The van der Waals surface area contributed by atoms with Gasteiger partial charge in [0.15, 0.2) is 0 Å². The molecule has 0 spiro atoms. The molecule has 3 nitrogen and oxygen atoms in total. The van der Waals surface area contributed by atoms with Gasteiger partial charge in [-0.1, -0.05) is 6.92 Å². The zero-order chi connectivity index (χ0) is 12.8. The van der Waals surface area contributed by atoms with Crippen LogP contribution in [0.4, 0.5) is 0 Å². The number of nitrogens with zero attached hydrogens (tertiary/aromatic N) is 2. The second kappa shape index (κ2) is 6.86. The maximum Gasteiger partial charge on any atom is 0.0271 e. The first-order valence-corrected chi connectivity index (χ1v) is 7.14. The lowest BCUT2D eigenvalue weighted by atomic mass is 9.90. The predicted molar refractivity (Wildman–Crippen MR) is 75.4 cm³/mol. The fraction of sp³-hybridized carbons (Fsp3) is 0.667. The molecule has 1 N–H and O–H groups in total. The first-order chi connectivity index (χ1) is 8.79. The minimum Gasteiger partial charge on any atom is -0.314 e. The summed E-state index contributed by atoms with van der Waals surface area (Å²) >= 11 is 0. The van der Waals surface area contributed by atoms with E-state index in [0.29, 0.717) is 6.04 Å². The van der Waals surface area contributed by atoms with E-state index < -0.39 is 0 Å². The lowest BCUT2D eigenvalue weighted by molar-refractivity contribution is 0.157. The summed E-state index contributed by atoms with van der Waals surface area (Å²) in [6, 6.07) is 4.90. The van der Waals surface area contributed by atoms with Crippen LogP contribution in [0.1, 0.15) is 32.3 Å². The lowest BCUT2D eigenvalue weighted by Crippen LogP contribution is -2.41. The van der Waals surface area contributed by atoms with Gasteiger partial charge in [-0.05, 0) is 63.0 Å². The molecule has 0 aromatic carbocycles. The largest absolute Gasteiger partial charge is 0.314 e. The van der Waals surface area contributed by atoms with E-state index in [2.05, 4.69) is 41.2 Å². The number of rotatable bonds is 5. The average Bonchev–Trinajstić information content (AvgIpc) is 2.41. The van der Waals surface area contributed by atoms with Crippen LogP contribution in [0, 0.1) is 5.92 Å². The molecule has 0 aliphatic carbocycles. The topological polar surface area (TPSA) is 28.2 Å². The maximum absolute atomic E-state index is 4.07. The van der Waals surface area contributed by atoms with Crippen LogP contribution in [0.25, 0.3) is 0 Å². The number of pyridine rings is 1. The molecule has 1 aliphatic rings. The Bertz CT molecular complexity index is 331. The molecule has 1 saturated heterocycles. The molecule has 1 unspecified atom stereocenters. The third-order valence-corrected chi connectivity index (χ3v) is 4.02. The molecule has 1 aromatic rings. The number of aromatic nitrogens is 1. The van der Waals surface area contributed by atoms with Crippen molar-refractivity contribution in [2.45, 2.75) is 39.3 Å². The van der Waals surface area contributed by atoms with Crippen molar-refractivity contribution in [2.75, 3.05) is 19.6 Å². The molecule has 2 heterocycles. The Morgan fingerprint density at radius 2 is 2.00 bits per heavy atom. The normalized spacial score (nSPS) is 19.9. The van der Waals surface area contributed by atoms with Crippen LogP contribution in [0.15, 0.2) is 24.5 Å². The molecular weight excluding hydrogens is 222 g/mol. The summed E-state index contributed by atoms with van der Waals surface area (Å²) in [5.41, 5.74) is 1.38. The van der Waals surface area contributed by atoms with Crippen molar-refractivity contribution in [1.82, 2.24) is 15.2 Å². The Morgan fingerprint density at radius 1 is 1.33 bits per heavy atom. The summed E-state index contributed by atoms with van der Waals surface area (Å²) in [6.07, 6.45) is 6.41. The van der Waals surface area contributed by atoms with Gasteiger partial charge in [-0.25, -0.2) is 0 Å². The minimum absolute atomic E-state index is 0.665. The Kier molecular flexibility index (Phi) is 5.14. The van der Waals surface area contributed by atoms with Crippen molar-refractivity contribution in [2.24, 2.45) is 5.92 Å². The van der Waals surface area contributed by atoms with E-state index in [9.17, 15) is 0 Å². The van der Waals surface area contributed by atoms with Crippen molar-refractivity contribution in [3.8, 4) is 0 Å². The van der Waals surface area contributed by atoms with E-state index in [-0.39, 0.29) is 0 Å². The van der Waals surface area contributed by atoms with Gasteiger partial charge in [0, 0.05) is 25.0 Å². The SMILES string of the molecule is CCNC(C)C1CCN(Cc2ccncc2)CC1. The summed E-state index contributed by atoms with van der Waals surface area (Å²) < 4.78 is 0. The van der Waals surface area contributed by atoms with Gasteiger partial charge in [0.1, 0.15) is 0 Å². The van der Waals surface area contributed by atoms with Crippen LogP contribution in [0.2, 0.25) is 0 Å². The molecule has 3 heteroatoms. The van der Waals surface area contributed by atoms with Crippen LogP contribution in [0.3, 0.4) is 0 Å². The van der Waals surface area contributed by atoms with Gasteiger partial charge in [0.25, 0.3) is 0 Å². The Balaban J connectivity index is 1.77. The summed E-state index contributed by atoms with van der Waals surface area (Å²) in [4.78, 5) is 6.63. The minimum atomic E-state index is 0.665. The molecule has 0 radical (unpaired) electrons. The van der Waals surface area contributed by atoms with Crippen LogP contribution >= 0.6 is 0 Å². The van der Waals surface area contributed by atoms with E-state index in [4.69, 9.17) is 0 Å². The van der Waals surface area contributed by atoms with E-state index in [1.54, 1.807) is 0 Å². The van der Waals surface area contributed by atoms with Gasteiger partial charge in [-0.3, -0.25) is 9.88 Å². The number of nitrogens with one attached hydrogen (secondary N) is 1. The van der Waals surface area contributed by atoms with Crippen LogP contribution in [-0.4, -0.2) is 35.6 Å². The Labute approximate surface area is 111 Å². The summed E-state index contributed by atoms with van der Waals surface area (Å²) in [5, 5.41) is 3.55. The molecule has 0 amide bonds. The van der Waals surface area contributed by atoms with Crippen LogP contribution in [0.5, 0.6) is 0 Å². The van der Waals surface area contributed by atoms with Gasteiger partial charge < -0.3 is 5.32 Å². The number of likely N-dealkylation sites (tertiary alicyclic amines) is 1. The average molecular weight is 247 g/mol. The van der Waals surface area contributed by atoms with E-state index in [1.165, 1.54) is 31.5 Å². The number of hydrogen-bond donors (Lipinski definition) is 1. The summed E-state index contributed by atoms with van der Waals surface area (Å²) in [6.45, 7) is 9.12. The van der Waals surface area contributed by atoms with Crippen LogP contribution in [-0.2, 0) is 6.54 Å². The maximum atomic E-state index is 4.07. The van der Waals surface area contributed by atoms with Crippen molar-refractivity contribution in [3.63, 3.8) is 0 Å². The number of hydrogen-bond acceptors (Lipinski definition) is 3. The van der Waals surface area contributed by atoms with Gasteiger partial charge in [-0.15, -0.1) is 0 Å². The predicted octanol–water partition coefficient (Wildman–Crippen LogP) is 2.29. The molecule has 18 heavy (non-hydrogen) atoms. The van der Waals surface area contributed by atoms with Gasteiger partial charge in [-0.2, -0.15) is 0 Å². The molecule has 1 aromatic heterocycles. The Morgan fingerprint density at radius 3 is 2.61 bits per heavy atom. The third kappa shape index (κ3) is 3.79. The monoisotopic (exact) mass is 247 g/mol. The molecule has 1 fully saturated rings. The Hall–Kier alpha value is -0.930. The van der Waals surface area contributed by atoms with E-state index in [0.717, 1.165) is 19.0 Å². The molecule has 1 aliphatic heterocycles. The van der Waals surface area contributed by atoms with Crippen molar-refractivity contribution >= 4 is 0 Å². The molecule has 2 rings (SSSR count). The van der Waals surface area contributed by atoms with Crippen molar-refractivity contribution in [3.05, 3.63) is 30.1 Å². The van der Waals surface area contributed by atoms with Gasteiger partial charge >= 0.3 is 0 Å². The summed E-state index contributed by atoms with van der Waals surface area (Å²) in [7, 11) is 0. The van der Waals surface area contributed by atoms with Gasteiger partial charge in [0.2, 0.25) is 0 Å². The second-order valence-corrected chi connectivity index (χ2v) is 5.32. The fourth-order valence-corrected chi connectivity index (χ4v) is 2.85. The third-order valence-electron chi connectivity index (χ3n) is 4.02. The first kappa shape index (κ1) is 13.5. The van der Waals surface area contributed by atoms with Crippen LogP contribution < -0.4 is 5.32 Å². The zero-order valence-corrected chi connectivity index (χ0v) is 11.6. The van der Waals surface area contributed by atoms with E-state index >= 15 is 0 Å². The quantitative estimate of drug-likeness (QED) is 0.865. The molecular formula is C15H25N3. The van der Waals surface area contributed by atoms with Crippen molar-refractivity contribution < 1.29 is 0 Å². The smallest absolute Gasteiger partial charge is 0.0271 e. The molecule has 1 atom stereocenters. The lowest BCUT2D eigenvalue weighted by Gasteiger charge is -2.35. The fourth-order valence-electron chi connectivity index (χ4n) is 2.85. The first-order valence-electron chi connectivity index (χ1n) is 7.14. The van der Waals surface area contributed by atoms with Gasteiger partial charge in [0.05, 0.1) is 0 Å². The highest BCUT2D eigenvalue weighted by Crippen LogP contribution is 2.21. The second-order valence-electron chi connectivity index (χ2n) is 5.32. The highest BCUT2D eigenvalue weighted by atomic mass is 15.1. The zero-order valence-electron chi connectivity index (χ0n) is 11.6. The standard InChI is InChI=1S/C15H25N3/c1-3-17-13(2)15-6-10-18(11-7-15)12-14-4-8-16-9-5-14/h4-5,8-9,13,15,17H,3,6-7,10-12H2,1-2H3. The van der Waals surface area contributed by atoms with Crippen molar-refractivity contribution in [1.29, 1.82) is 0 Å². The highest BCUT2D eigenvalue weighted by molar-refractivity contribution is 5.09. The van der Waals surface area contributed by atoms with E-state index in [1.807, 2.05) is 12.4 Å². The molecule has 0 saturated carbocycles. The molecule has 0 bridgehead atoms.